The molecule has 0 unspecified atom stereocenters. The standard InChI is InChI=1S/C19H21N3O4S/c1-13(2)22-18-9-8-16(11-15(18)12-20-22)27(25,26)21-17(19(23)24)10-14-6-4-3-5-7-14/h3-9,11-13,17,21H,10H2,1-2H3,(H,23,24)/t17-/m1/s1. The molecule has 3 rings (SSSR count). The normalized spacial score (nSPS) is 13.1. The van der Waals surface area contributed by atoms with Crippen LogP contribution in [0.4, 0.5) is 0 Å². The molecule has 0 saturated heterocycles. The number of rotatable bonds is 7. The van der Waals surface area contributed by atoms with Crippen LogP contribution in [-0.2, 0) is 21.2 Å². The molecule has 2 aromatic carbocycles. The summed E-state index contributed by atoms with van der Waals surface area (Å²) in [5.74, 6) is -1.23. The average molecular weight is 387 g/mol. The van der Waals surface area contributed by atoms with Crippen LogP contribution in [-0.4, -0.2) is 35.3 Å². The van der Waals surface area contributed by atoms with Crippen LogP contribution in [0.25, 0.3) is 10.9 Å². The van der Waals surface area contributed by atoms with E-state index in [1.165, 1.54) is 12.1 Å². The Labute approximate surface area is 157 Å². The molecule has 8 heteroatoms. The Morgan fingerprint density at radius 2 is 1.89 bits per heavy atom. The zero-order valence-electron chi connectivity index (χ0n) is 15.0. The molecule has 142 valence electrons. The first-order chi connectivity index (χ1) is 12.8. The van der Waals surface area contributed by atoms with Crippen LogP contribution in [0.3, 0.4) is 0 Å². The van der Waals surface area contributed by atoms with Crippen LogP contribution < -0.4 is 4.72 Å². The number of carboxylic acid groups (broad SMARTS) is 1. The zero-order valence-corrected chi connectivity index (χ0v) is 15.8. The van der Waals surface area contributed by atoms with Crippen LogP contribution in [0.5, 0.6) is 0 Å². The maximum Gasteiger partial charge on any atom is 0.322 e. The molecule has 0 amide bonds. The van der Waals surface area contributed by atoms with Crippen molar-refractivity contribution in [2.75, 3.05) is 0 Å². The van der Waals surface area contributed by atoms with E-state index in [1.807, 2.05) is 19.9 Å². The summed E-state index contributed by atoms with van der Waals surface area (Å²) in [6.07, 6.45) is 1.66. The van der Waals surface area contributed by atoms with Gasteiger partial charge in [0.15, 0.2) is 0 Å². The minimum atomic E-state index is -3.99. The molecule has 3 aromatic rings. The van der Waals surface area contributed by atoms with Gasteiger partial charge in [-0.05, 0) is 44.0 Å². The van der Waals surface area contributed by atoms with Crippen LogP contribution in [0, 0.1) is 0 Å². The molecule has 7 nitrogen and oxygen atoms in total. The number of carbonyl (C=O) groups is 1. The van der Waals surface area contributed by atoms with Crippen LogP contribution in [0.2, 0.25) is 0 Å². The minimum Gasteiger partial charge on any atom is -0.480 e. The number of aliphatic carboxylic acids is 1. The van der Waals surface area contributed by atoms with Gasteiger partial charge in [0, 0.05) is 11.4 Å². The summed E-state index contributed by atoms with van der Waals surface area (Å²) in [7, 11) is -3.99. The van der Waals surface area contributed by atoms with Gasteiger partial charge >= 0.3 is 5.97 Å². The van der Waals surface area contributed by atoms with Gasteiger partial charge in [-0.2, -0.15) is 9.82 Å². The molecular weight excluding hydrogens is 366 g/mol. The summed E-state index contributed by atoms with van der Waals surface area (Å²) >= 11 is 0. The molecule has 0 aliphatic carbocycles. The molecule has 0 fully saturated rings. The largest absolute Gasteiger partial charge is 0.480 e. The molecule has 0 spiro atoms. The SMILES string of the molecule is CC(C)n1ncc2cc(S(=O)(=O)N[C@H](Cc3ccccc3)C(=O)O)ccc21. The first kappa shape index (κ1) is 19.1. The molecule has 0 saturated carbocycles. The number of nitrogens with one attached hydrogen (secondary N) is 1. The molecule has 0 aliphatic rings. The minimum absolute atomic E-state index is 0.0117. The molecule has 2 N–H and O–H groups in total. The second-order valence-electron chi connectivity index (χ2n) is 6.61. The Bertz CT molecular complexity index is 1060. The van der Waals surface area contributed by atoms with Crippen LogP contribution in [0.15, 0.2) is 59.6 Å². The van der Waals surface area contributed by atoms with E-state index in [2.05, 4.69) is 9.82 Å². The highest BCUT2D eigenvalue weighted by Crippen LogP contribution is 2.22. The lowest BCUT2D eigenvalue weighted by molar-refractivity contribution is -0.138. The summed E-state index contributed by atoms with van der Waals surface area (Å²) in [5, 5.41) is 14.4. The first-order valence-electron chi connectivity index (χ1n) is 8.54. The summed E-state index contributed by atoms with van der Waals surface area (Å²) in [6, 6.07) is 12.4. The quantitative estimate of drug-likeness (QED) is 0.649. The third kappa shape index (κ3) is 4.17. The lowest BCUT2D eigenvalue weighted by Gasteiger charge is -2.15. The zero-order chi connectivity index (χ0) is 19.6. The number of benzene rings is 2. The summed E-state index contributed by atoms with van der Waals surface area (Å²) in [4.78, 5) is 11.6. The predicted molar refractivity (Wildman–Crippen MR) is 102 cm³/mol. The molecule has 1 atom stereocenters. The number of carboxylic acids is 1. The van der Waals surface area contributed by atoms with Crippen LogP contribution in [0.1, 0.15) is 25.5 Å². The maximum atomic E-state index is 12.7. The van der Waals surface area contributed by atoms with Gasteiger partial charge < -0.3 is 5.11 Å². The fourth-order valence-electron chi connectivity index (χ4n) is 2.89. The number of aromatic nitrogens is 2. The van der Waals surface area contributed by atoms with Gasteiger partial charge in [-0.3, -0.25) is 9.48 Å². The first-order valence-corrected chi connectivity index (χ1v) is 10.0. The summed E-state index contributed by atoms with van der Waals surface area (Å²) in [6.45, 7) is 3.97. The fourth-order valence-corrected chi connectivity index (χ4v) is 4.12. The molecule has 27 heavy (non-hydrogen) atoms. The second-order valence-corrected chi connectivity index (χ2v) is 8.32. The second kappa shape index (κ2) is 7.50. The van der Waals surface area contributed by atoms with E-state index >= 15 is 0 Å². The third-order valence-electron chi connectivity index (χ3n) is 4.24. The van der Waals surface area contributed by atoms with E-state index in [-0.39, 0.29) is 17.4 Å². The van der Waals surface area contributed by atoms with E-state index in [0.717, 1.165) is 11.1 Å². The Kier molecular flexibility index (Phi) is 5.29. The monoisotopic (exact) mass is 387 g/mol. The number of sulfonamides is 1. The Morgan fingerprint density at radius 3 is 2.52 bits per heavy atom. The highest BCUT2D eigenvalue weighted by Gasteiger charge is 2.26. The van der Waals surface area contributed by atoms with Gasteiger partial charge in [0.2, 0.25) is 10.0 Å². The van der Waals surface area contributed by atoms with E-state index in [9.17, 15) is 18.3 Å². The molecule has 1 aromatic heterocycles. The highest BCUT2D eigenvalue weighted by atomic mass is 32.2. The molecule has 0 bridgehead atoms. The summed E-state index contributed by atoms with van der Waals surface area (Å²) in [5.41, 5.74) is 1.56. The fraction of sp³-hybridized carbons (Fsp3) is 0.263. The van der Waals surface area contributed by atoms with Gasteiger partial charge in [0.1, 0.15) is 6.04 Å². The van der Waals surface area contributed by atoms with Crippen molar-refractivity contribution in [3.05, 3.63) is 60.3 Å². The van der Waals surface area contributed by atoms with E-state index in [0.29, 0.717) is 5.39 Å². The lowest BCUT2D eigenvalue weighted by Crippen LogP contribution is -2.42. The molecular formula is C19H21N3O4S. The van der Waals surface area contributed by atoms with E-state index < -0.39 is 22.0 Å². The average Bonchev–Trinajstić information content (AvgIpc) is 3.05. The van der Waals surface area contributed by atoms with Crippen molar-refractivity contribution in [1.82, 2.24) is 14.5 Å². The van der Waals surface area contributed by atoms with Gasteiger partial charge in [-0.1, -0.05) is 30.3 Å². The van der Waals surface area contributed by atoms with Gasteiger partial charge in [-0.15, -0.1) is 0 Å². The number of hydrogen-bond donors (Lipinski definition) is 2. The summed E-state index contributed by atoms with van der Waals surface area (Å²) < 4.78 is 29.5. The number of hydrogen-bond acceptors (Lipinski definition) is 4. The van der Waals surface area contributed by atoms with Gasteiger partial charge in [0.05, 0.1) is 16.6 Å². The van der Waals surface area contributed by atoms with Crippen molar-refractivity contribution < 1.29 is 18.3 Å². The highest BCUT2D eigenvalue weighted by molar-refractivity contribution is 7.89. The van der Waals surface area contributed by atoms with Gasteiger partial charge in [0.25, 0.3) is 0 Å². The van der Waals surface area contributed by atoms with Crippen molar-refractivity contribution in [2.45, 2.75) is 37.2 Å². The van der Waals surface area contributed by atoms with Crippen LogP contribution >= 0.6 is 0 Å². The lowest BCUT2D eigenvalue weighted by atomic mass is 10.1. The van der Waals surface area contributed by atoms with Crippen molar-refractivity contribution in [3.8, 4) is 0 Å². The molecule has 1 heterocycles. The van der Waals surface area contributed by atoms with Crippen molar-refractivity contribution in [2.24, 2.45) is 0 Å². The molecule has 0 aliphatic heterocycles. The number of fused-ring (bicyclic) bond motifs is 1. The molecule has 0 radical (unpaired) electrons. The van der Waals surface area contributed by atoms with E-state index in [1.54, 1.807) is 41.2 Å². The maximum absolute atomic E-state index is 12.7. The van der Waals surface area contributed by atoms with E-state index in [4.69, 9.17) is 0 Å². The number of nitrogens with zero attached hydrogens (tertiary/aromatic N) is 2. The predicted octanol–water partition coefficient (Wildman–Crippen LogP) is 2.59. The van der Waals surface area contributed by atoms with Crippen molar-refractivity contribution >= 4 is 26.9 Å². The van der Waals surface area contributed by atoms with Crippen molar-refractivity contribution in [3.63, 3.8) is 0 Å². The van der Waals surface area contributed by atoms with Crippen molar-refractivity contribution in [1.29, 1.82) is 0 Å². The Balaban J connectivity index is 1.88. The third-order valence-corrected chi connectivity index (χ3v) is 5.71. The smallest absolute Gasteiger partial charge is 0.322 e. The Hall–Kier alpha value is -2.71. The Morgan fingerprint density at radius 1 is 1.19 bits per heavy atom. The topological polar surface area (TPSA) is 101 Å². The van der Waals surface area contributed by atoms with Gasteiger partial charge in [-0.25, -0.2) is 8.42 Å².